The average Bonchev–Trinajstić information content (AvgIpc) is 3.26. The molecule has 1 aliphatic carbocycles. The lowest BCUT2D eigenvalue weighted by molar-refractivity contribution is -0.145. The molecule has 0 radical (unpaired) electrons. The number of nitrogens with zero attached hydrogens (tertiary/aromatic N) is 2. The molecule has 1 aromatic carbocycles. The highest BCUT2D eigenvalue weighted by atomic mass is 32.1. The van der Waals surface area contributed by atoms with Crippen molar-refractivity contribution in [2.75, 3.05) is 6.54 Å². The normalized spacial score (nSPS) is 19.5. The molecule has 4 rings (SSSR count). The van der Waals surface area contributed by atoms with E-state index in [1.54, 1.807) is 16.2 Å². The van der Waals surface area contributed by atoms with Crippen LogP contribution in [-0.2, 0) is 14.4 Å². The fourth-order valence-electron chi connectivity index (χ4n) is 4.61. The lowest BCUT2D eigenvalue weighted by Gasteiger charge is -2.36. The van der Waals surface area contributed by atoms with E-state index in [2.05, 4.69) is 28.8 Å². The highest BCUT2D eigenvalue weighted by molar-refractivity contribution is 7.13. The number of rotatable bonds is 7. The van der Waals surface area contributed by atoms with Crippen LogP contribution in [0.4, 0.5) is 4.39 Å². The van der Waals surface area contributed by atoms with E-state index in [0.29, 0.717) is 19.4 Å². The number of nitrogens with one attached hydrogen (secondary N) is 2. The van der Waals surface area contributed by atoms with Crippen molar-refractivity contribution in [2.24, 2.45) is 5.41 Å². The molecule has 2 heterocycles. The second-order valence-electron chi connectivity index (χ2n) is 11.0. The minimum Gasteiger partial charge on any atom is -0.348 e. The van der Waals surface area contributed by atoms with Crippen LogP contribution in [0.2, 0.25) is 0 Å². The summed E-state index contributed by atoms with van der Waals surface area (Å²) in [6, 6.07) is 6.26. The number of hydrogen-bond donors (Lipinski definition) is 2. The van der Waals surface area contributed by atoms with Crippen molar-refractivity contribution in [2.45, 2.75) is 84.1 Å². The zero-order valence-electron chi connectivity index (χ0n) is 23.0. The molecule has 1 aliphatic heterocycles. The number of halogens is 1. The number of thiazole rings is 1. The summed E-state index contributed by atoms with van der Waals surface area (Å²) < 4.78 is 14.3. The zero-order chi connectivity index (χ0) is 28.3. The molecule has 0 spiro atoms. The number of carbonyl (C=O) groups excluding carboxylic acids is 3. The van der Waals surface area contributed by atoms with E-state index >= 15 is 0 Å². The monoisotopic (exact) mass is 542 g/mol. The predicted molar refractivity (Wildman–Crippen MR) is 149 cm³/mol. The van der Waals surface area contributed by atoms with Gasteiger partial charge < -0.3 is 15.5 Å². The van der Waals surface area contributed by atoms with Gasteiger partial charge in [-0.15, -0.1) is 24.5 Å². The van der Waals surface area contributed by atoms with Crippen LogP contribution in [0.15, 0.2) is 42.9 Å². The summed E-state index contributed by atoms with van der Waals surface area (Å²) in [6.45, 7) is 15.8. The number of benzene rings is 1. The third-order valence-electron chi connectivity index (χ3n) is 7.10. The van der Waals surface area contributed by atoms with Crippen LogP contribution in [0, 0.1) is 12.3 Å². The van der Waals surface area contributed by atoms with Crippen LogP contribution >= 0.6 is 11.3 Å². The molecule has 1 aromatic heterocycles. The van der Waals surface area contributed by atoms with Gasteiger partial charge in [0.05, 0.1) is 22.1 Å². The summed E-state index contributed by atoms with van der Waals surface area (Å²) in [6.07, 6.45) is 1.60. The topological polar surface area (TPSA) is 91.4 Å². The second kappa shape index (κ2) is 11.8. The van der Waals surface area contributed by atoms with E-state index in [4.69, 9.17) is 0 Å². The Balaban J connectivity index is 0.00000195. The Labute approximate surface area is 228 Å². The smallest absolute Gasteiger partial charge is 0.258 e. The molecular weight excluding hydrogens is 503 g/mol. The highest BCUT2D eigenvalue weighted by Gasteiger charge is 2.53. The first kappa shape index (κ1) is 29.5. The molecule has 2 N–H and O–H groups in total. The van der Waals surface area contributed by atoms with Crippen molar-refractivity contribution >= 4 is 29.1 Å². The minimum atomic E-state index is -1.87. The van der Waals surface area contributed by atoms with Gasteiger partial charge in [-0.3, -0.25) is 14.4 Å². The molecule has 2 aliphatic rings. The fraction of sp³-hybridized carbons (Fsp3) is 0.517. The maximum atomic E-state index is 14.3. The number of carbonyl (C=O) groups is 3. The quantitative estimate of drug-likeness (QED) is 0.475. The molecule has 2 fully saturated rings. The van der Waals surface area contributed by atoms with Crippen LogP contribution in [0.25, 0.3) is 10.4 Å². The Kier molecular flexibility index (Phi) is 9.13. The Hall–Kier alpha value is -3.07. The third kappa shape index (κ3) is 6.49. The van der Waals surface area contributed by atoms with Gasteiger partial charge in [0.25, 0.3) is 5.91 Å². The standard InChI is InChI=1S/C27H35FN4O3S.C2H4/c1-16(18-8-10-19(11-9-18)21-17(2)29-15-36-21)30-23(33)20-7-6-14-32(20)24(34)22(26(3,4)5)31-25(35)27(28)12-13-27;1-2/h8-11,15-16,20,22H,6-7,12-14H2,1-5H3,(H,30,33)(H,31,35);1-2H2. The zero-order valence-corrected chi connectivity index (χ0v) is 23.8. The summed E-state index contributed by atoms with van der Waals surface area (Å²) in [4.78, 5) is 46.1. The van der Waals surface area contributed by atoms with Crippen LogP contribution in [0.5, 0.6) is 0 Å². The Morgan fingerprint density at radius 1 is 1.16 bits per heavy atom. The number of likely N-dealkylation sites (tertiary alicyclic amines) is 1. The molecule has 3 unspecified atom stereocenters. The van der Waals surface area contributed by atoms with Gasteiger partial charge in [-0.25, -0.2) is 9.37 Å². The molecule has 206 valence electrons. The van der Waals surface area contributed by atoms with E-state index in [1.807, 2.05) is 64.4 Å². The van der Waals surface area contributed by atoms with Crippen molar-refractivity contribution < 1.29 is 18.8 Å². The Morgan fingerprint density at radius 2 is 1.79 bits per heavy atom. The van der Waals surface area contributed by atoms with E-state index in [0.717, 1.165) is 21.7 Å². The summed E-state index contributed by atoms with van der Waals surface area (Å²) in [5.74, 6) is -1.30. The van der Waals surface area contributed by atoms with Crippen LogP contribution in [0.1, 0.15) is 70.7 Å². The molecule has 7 nitrogen and oxygen atoms in total. The van der Waals surface area contributed by atoms with Gasteiger partial charge in [-0.2, -0.15) is 0 Å². The number of alkyl halides is 1. The number of hydrogen-bond acceptors (Lipinski definition) is 5. The molecule has 1 saturated heterocycles. The Bertz CT molecular complexity index is 1150. The molecule has 3 atom stereocenters. The third-order valence-corrected chi connectivity index (χ3v) is 8.08. The first-order valence-electron chi connectivity index (χ1n) is 13.0. The van der Waals surface area contributed by atoms with Gasteiger partial charge in [0, 0.05) is 6.54 Å². The van der Waals surface area contributed by atoms with Gasteiger partial charge in [0.15, 0.2) is 5.67 Å². The first-order valence-corrected chi connectivity index (χ1v) is 13.9. The predicted octanol–water partition coefficient (Wildman–Crippen LogP) is 5.12. The van der Waals surface area contributed by atoms with Crippen LogP contribution in [0.3, 0.4) is 0 Å². The van der Waals surface area contributed by atoms with Crippen LogP contribution < -0.4 is 10.6 Å². The SMILES string of the molecule is C=C.Cc1ncsc1-c1ccc(C(C)NC(=O)C2CCCN2C(=O)C(NC(=O)C2(F)CC2)C(C)(C)C)cc1. The van der Waals surface area contributed by atoms with E-state index in [-0.39, 0.29) is 30.7 Å². The lowest BCUT2D eigenvalue weighted by atomic mass is 9.85. The highest BCUT2D eigenvalue weighted by Crippen LogP contribution is 2.40. The van der Waals surface area contributed by atoms with E-state index in [1.165, 1.54) is 0 Å². The molecule has 2 aromatic rings. The summed E-state index contributed by atoms with van der Waals surface area (Å²) in [7, 11) is 0. The van der Waals surface area contributed by atoms with Crippen molar-refractivity contribution in [3.63, 3.8) is 0 Å². The molecule has 9 heteroatoms. The maximum Gasteiger partial charge on any atom is 0.258 e. The number of aryl methyl sites for hydroxylation is 1. The largest absolute Gasteiger partial charge is 0.348 e. The Morgan fingerprint density at radius 3 is 2.32 bits per heavy atom. The average molecular weight is 543 g/mol. The molecule has 3 amide bonds. The molecule has 38 heavy (non-hydrogen) atoms. The van der Waals surface area contributed by atoms with Crippen molar-refractivity contribution in [1.82, 2.24) is 20.5 Å². The summed E-state index contributed by atoms with van der Waals surface area (Å²) in [5.41, 5.74) is 2.36. The van der Waals surface area contributed by atoms with Gasteiger partial charge in [-0.05, 0) is 56.1 Å². The van der Waals surface area contributed by atoms with Crippen molar-refractivity contribution in [3.8, 4) is 10.4 Å². The van der Waals surface area contributed by atoms with Crippen molar-refractivity contribution in [3.05, 3.63) is 54.2 Å². The van der Waals surface area contributed by atoms with Gasteiger partial charge in [0.1, 0.15) is 12.1 Å². The molecule has 1 saturated carbocycles. The van der Waals surface area contributed by atoms with Crippen LogP contribution in [-0.4, -0.2) is 51.9 Å². The minimum absolute atomic E-state index is 0.182. The van der Waals surface area contributed by atoms with E-state index in [9.17, 15) is 18.8 Å². The number of amides is 3. The van der Waals surface area contributed by atoms with Gasteiger partial charge in [-0.1, -0.05) is 45.0 Å². The summed E-state index contributed by atoms with van der Waals surface area (Å²) >= 11 is 1.59. The van der Waals surface area contributed by atoms with Gasteiger partial charge in [0.2, 0.25) is 11.8 Å². The second-order valence-corrected chi connectivity index (χ2v) is 11.9. The number of aromatic nitrogens is 1. The van der Waals surface area contributed by atoms with Gasteiger partial charge >= 0.3 is 0 Å². The maximum absolute atomic E-state index is 14.3. The summed E-state index contributed by atoms with van der Waals surface area (Å²) in [5, 5.41) is 5.69. The molecular formula is C29H39FN4O3S. The lowest BCUT2D eigenvalue weighted by Crippen LogP contribution is -2.59. The fourth-order valence-corrected chi connectivity index (χ4v) is 5.42. The first-order chi connectivity index (χ1) is 17.9. The van der Waals surface area contributed by atoms with E-state index < -0.39 is 29.1 Å². The molecule has 0 bridgehead atoms. The van der Waals surface area contributed by atoms with Crippen molar-refractivity contribution in [1.29, 1.82) is 0 Å².